The van der Waals surface area contributed by atoms with E-state index >= 15 is 0 Å². The molecule has 0 aliphatic rings. The molecule has 2 aromatic rings. The fourth-order valence-corrected chi connectivity index (χ4v) is 2.06. The molecule has 0 amide bonds. The van der Waals surface area contributed by atoms with Crippen molar-refractivity contribution in [1.29, 1.82) is 0 Å². The second-order valence-corrected chi connectivity index (χ2v) is 4.75. The van der Waals surface area contributed by atoms with Crippen LogP contribution in [0.4, 0.5) is 10.1 Å². The Morgan fingerprint density at radius 2 is 2.00 bits per heavy atom. The van der Waals surface area contributed by atoms with E-state index in [2.05, 4.69) is 5.32 Å². The van der Waals surface area contributed by atoms with E-state index in [1.807, 2.05) is 0 Å². The summed E-state index contributed by atoms with van der Waals surface area (Å²) < 4.78 is 18.9. The predicted octanol–water partition coefficient (Wildman–Crippen LogP) is 4.75. The Morgan fingerprint density at radius 3 is 2.74 bits per heavy atom. The topological polar surface area (TPSA) is 21.3 Å². The maximum Gasteiger partial charge on any atom is 0.146 e. The smallest absolute Gasteiger partial charge is 0.146 e. The van der Waals surface area contributed by atoms with E-state index in [1.54, 1.807) is 37.4 Å². The molecule has 0 fully saturated rings. The highest BCUT2D eigenvalue weighted by Crippen LogP contribution is 2.28. The molecule has 0 unspecified atom stereocenters. The van der Waals surface area contributed by atoms with Crippen molar-refractivity contribution >= 4 is 28.9 Å². The standard InChI is InChI=1S/C14H12Cl2FNO/c1-19-13-6-5-10(15)7-12(13)18-8-9-3-2-4-11(16)14(9)17/h2-7,18H,8H2,1H3. The first kappa shape index (κ1) is 14.0. The SMILES string of the molecule is COc1ccc(Cl)cc1NCc1cccc(Cl)c1F. The van der Waals surface area contributed by atoms with Gasteiger partial charge in [0.05, 0.1) is 17.8 Å². The third-order valence-electron chi connectivity index (χ3n) is 2.66. The van der Waals surface area contributed by atoms with Gasteiger partial charge < -0.3 is 10.1 Å². The third kappa shape index (κ3) is 3.31. The molecule has 2 rings (SSSR count). The quantitative estimate of drug-likeness (QED) is 0.879. The molecule has 0 heterocycles. The number of halogens is 3. The average molecular weight is 300 g/mol. The highest BCUT2D eigenvalue weighted by molar-refractivity contribution is 6.31. The molecule has 0 spiro atoms. The first-order chi connectivity index (χ1) is 9.11. The van der Waals surface area contributed by atoms with Crippen molar-refractivity contribution in [3.05, 3.63) is 57.8 Å². The largest absolute Gasteiger partial charge is 0.495 e. The Labute approximate surface area is 121 Å². The molecule has 1 N–H and O–H groups in total. The van der Waals surface area contributed by atoms with Crippen LogP contribution in [0.3, 0.4) is 0 Å². The minimum Gasteiger partial charge on any atom is -0.495 e. The Bertz CT molecular complexity index is 590. The number of rotatable bonds is 4. The second kappa shape index (κ2) is 6.13. The minimum absolute atomic E-state index is 0.109. The summed E-state index contributed by atoms with van der Waals surface area (Å²) in [6.45, 7) is 0.295. The van der Waals surface area contributed by atoms with Gasteiger partial charge in [0.15, 0.2) is 0 Å². The fourth-order valence-electron chi connectivity index (χ4n) is 1.69. The zero-order valence-corrected chi connectivity index (χ0v) is 11.7. The number of methoxy groups -OCH3 is 1. The van der Waals surface area contributed by atoms with Crippen molar-refractivity contribution in [1.82, 2.24) is 0 Å². The van der Waals surface area contributed by atoms with Crippen molar-refractivity contribution < 1.29 is 9.13 Å². The van der Waals surface area contributed by atoms with Gasteiger partial charge in [0.2, 0.25) is 0 Å². The molecule has 19 heavy (non-hydrogen) atoms. The Hall–Kier alpha value is -1.45. The molecule has 0 bridgehead atoms. The highest BCUT2D eigenvalue weighted by atomic mass is 35.5. The van der Waals surface area contributed by atoms with E-state index in [0.29, 0.717) is 28.6 Å². The van der Waals surface area contributed by atoms with Gasteiger partial charge in [-0.25, -0.2) is 4.39 Å². The van der Waals surface area contributed by atoms with Crippen molar-refractivity contribution in [2.45, 2.75) is 6.54 Å². The highest BCUT2D eigenvalue weighted by Gasteiger charge is 2.08. The van der Waals surface area contributed by atoms with Crippen LogP contribution in [-0.4, -0.2) is 7.11 Å². The molecule has 0 atom stereocenters. The molecule has 0 saturated heterocycles. The van der Waals surface area contributed by atoms with Crippen LogP contribution in [0.25, 0.3) is 0 Å². The van der Waals surface area contributed by atoms with E-state index in [1.165, 1.54) is 6.07 Å². The fraction of sp³-hybridized carbons (Fsp3) is 0.143. The molecule has 0 saturated carbocycles. The lowest BCUT2D eigenvalue weighted by Gasteiger charge is -2.12. The Kier molecular flexibility index (Phi) is 4.51. The van der Waals surface area contributed by atoms with Crippen LogP contribution in [0.5, 0.6) is 5.75 Å². The number of benzene rings is 2. The van der Waals surface area contributed by atoms with E-state index in [4.69, 9.17) is 27.9 Å². The number of anilines is 1. The molecule has 2 aromatic carbocycles. The van der Waals surface area contributed by atoms with Crippen LogP contribution in [0.15, 0.2) is 36.4 Å². The maximum atomic E-state index is 13.7. The number of nitrogens with one attached hydrogen (secondary N) is 1. The van der Waals surface area contributed by atoms with Crippen molar-refractivity contribution in [2.24, 2.45) is 0 Å². The molecule has 0 aliphatic carbocycles. The van der Waals surface area contributed by atoms with Crippen molar-refractivity contribution in [2.75, 3.05) is 12.4 Å². The lowest BCUT2D eigenvalue weighted by atomic mass is 10.2. The summed E-state index contributed by atoms with van der Waals surface area (Å²) in [7, 11) is 1.56. The number of hydrogen-bond donors (Lipinski definition) is 1. The van der Waals surface area contributed by atoms with E-state index in [9.17, 15) is 4.39 Å². The molecule has 0 radical (unpaired) electrons. The summed E-state index contributed by atoms with van der Waals surface area (Å²) >= 11 is 11.7. The maximum absolute atomic E-state index is 13.7. The molecule has 5 heteroatoms. The van der Waals surface area contributed by atoms with Crippen molar-refractivity contribution in [3.8, 4) is 5.75 Å². The lowest BCUT2D eigenvalue weighted by Crippen LogP contribution is -2.03. The van der Waals surface area contributed by atoms with Gasteiger partial charge in [-0.1, -0.05) is 35.3 Å². The summed E-state index contributed by atoms with van der Waals surface area (Å²) in [5.41, 5.74) is 1.18. The zero-order chi connectivity index (χ0) is 13.8. The number of hydrogen-bond acceptors (Lipinski definition) is 2. The van der Waals surface area contributed by atoms with Crippen LogP contribution >= 0.6 is 23.2 Å². The van der Waals surface area contributed by atoms with E-state index in [0.717, 1.165) is 0 Å². The van der Waals surface area contributed by atoms with Gasteiger partial charge in [0.25, 0.3) is 0 Å². The van der Waals surface area contributed by atoms with Gasteiger partial charge in [-0.15, -0.1) is 0 Å². The molecule has 2 nitrogen and oxygen atoms in total. The normalized spacial score (nSPS) is 10.3. The average Bonchev–Trinajstić information content (AvgIpc) is 2.40. The van der Waals surface area contributed by atoms with Crippen molar-refractivity contribution in [3.63, 3.8) is 0 Å². The summed E-state index contributed by atoms with van der Waals surface area (Å²) in [5.74, 6) is 0.226. The van der Waals surface area contributed by atoms with Crippen LogP contribution in [0, 0.1) is 5.82 Å². The third-order valence-corrected chi connectivity index (χ3v) is 3.19. The van der Waals surface area contributed by atoms with Crippen LogP contribution in [0.2, 0.25) is 10.0 Å². The molecular formula is C14H12Cl2FNO. The van der Waals surface area contributed by atoms with Gasteiger partial charge >= 0.3 is 0 Å². The van der Waals surface area contributed by atoms with Crippen LogP contribution in [0.1, 0.15) is 5.56 Å². The summed E-state index contributed by atoms with van der Waals surface area (Å²) in [6, 6.07) is 10.1. The van der Waals surface area contributed by atoms with Gasteiger partial charge in [-0.05, 0) is 24.3 Å². The van der Waals surface area contributed by atoms with Gasteiger partial charge in [0, 0.05) is 17.1 Å². The number of ether oxygens (including phenoxy) is 1. The Balaban J connectivity index is 2.18. The van der Waals surface area contributed by atoms with Gasteiger partial charge in [-0.3, -0.25) is 0 Å². The monoisotopic (exact) mass is 299 g/mol. The minimum atomic E-state index is -0.419. The first-order valence-electron chi connectivity index (χ1n) is 5.62. The molecule has 0 aromatic heterocycles. The molecule has 100 valence electrons. The summed E-state index contributed by atoms with van der Waals surface area (Å²) in [4.78, 5) is 0. The zero-order valence-electron chi connectivity index (χ0n) is 10.2. The lowest BCUT2D eigenvalue weighted by molar-refractivity contribution is 0.416. The van der Waals surface area contributed by atoms with E-state index < -0.39 is 5.82 Å². The van der Waals surface area contributed by atoms with E-state index in [-0.39, 0.29) is 5.02 Å². The summed E-state index contributed by atoms with van der Waals surface area (Å²) in [5, 5.41) is 3.77. The van der Waals surface area contributed by atoms with Crippen LogP contribution in [-0.2, 0) is 6.54 Å². The second-order valence-electron chi connectivity index (χ2n) is 3.91. The van der Waals surface area contributed by atoms with Crippen LogP contribution < -0.4 is 10.1 Å². The first-order valence-corrected chi connectivity index (χ1v) is 6.37. The predicted molar refractivity (Wildman–Crippen MR) is 76.7 cm³/mol. The van der Waals surface area contributed by atoms with Gasteiger partial charge in [-0.2, -0.15) is 0 Å². The molecular weight excluding hydrogens is 288 g/mol. The van der Waals surface area contributed by atoms with Gasteiger partial charge in [0.1, 0.15) is 11.6 Å². The Morgan fingerprint density at radius 1 is 1.21 bits per heavy atom. The summed E-state index contributed by atoms with van der Waals surface area (Å²) in [6.07, 6.45) is 0. The molecule has 0 aliphatic heterocycles.